The van der Waals surface area contributed by atoms with E-state index in [1.807, 2.05) is 0 Å². The summed E-state index contributed by atoms with van der Waals surface area (Å²) in [5, 5.41) is 4.82. The third kappa shape index (κ3) is 1.54. The Bertz CT molecular complexity index is 486. The molecule has 1 saturated heterocycles. The molecule has 0 bridgehead atoms. The molecule has 2 atom stereocenters. The molecule has 16 heavy (non-hydrogen) atoms. The van der Waals surface area contributed by atoms with Crippen LogP contribution < -0.4 is 5.32 Å². The zero-order valence-electron chi connectivity index (χ0n) is 9.69. The van der Waals surface area contributed by atoms with Crippen LogP contribution in [0.3, 0.4) is 0 Å². The second-order valence-electron chi connectivity index (χ2n) is 4.82. The molecule has 2 aromatic rings. The van der Waals surface area contributed by atoms with Gasteiger partial charge in [-0.2, -0.15) is 0 Å². The maximum atomic E-state index is 3.46. The van der Waals surface area contributed by atoms with Gasteiger partial charge in [0.25, 0.3) is 0 Å². The number of piperidine rings is 1. The molecule has 1 aliphatic heterocycles. The molecular weight excluding hydrogens is 196 g/mol. The summed E-state index contributed by atoms with van der Waals surface area (Å²) < 4.78 is 2.46. The van der Waals surface area contributed by atoms with Crippen LogP contribution in [0.25, 0.3) is 10.9 Å². The van der Waals surface area contributed by atoms with Crippen molar-refractivity contribution in [2.45, 2.75) is 19.4 Å². The van der Waals surface area contributed by atoms with E-state index in [2.05, 4.69) is 53.3 Å². The summed E-state index contributed by atoms with van der Waals surface area (Å²) in [7, 11) is 0. The molecule has 84 valence electrons. The summed E-state index contributed by atoms with van der Waals surface area (Å²) in [6.07, 6.45) is 3.48. The van der Waals surface area contributed by atoms with Gasteiger partial charge in [0, 0.05) is 17.8 Å². The summed E-state index contributed by atoms with van der Waals surface area (Å²) in [4.78, 5) is 0. The predicted octanol–water partition coefficient (Wildman–Crippen LogP) is 2.81. The molecular formula is C14H18N2. The lowest BCUT2D eigenvalue weighted by Crippen LogP contribution is -2.36. The molecule has 1 fully saturated rings. The van der Waals surface area contributed by atoms with Crippen LogP contribution in [-0.2, 0) is 0 Å². The van der Waals surface area contributed by atoms with Gasteiger partial charge in [-0.05, 0) is 42.9 Å². The van der Waals surface area contributed by atoms with Crippen molar-refractivity contribution >= 4 is 10.9 Å². The maximum Gasteiger partial charge on any atom is 0.0482 e. The highest BCUT2D eigenvalue weighted by Crippen LogP contribution is 2.28. The van der Waals surface area contributed by atoms with E-state index in [1.165, 1.54) is 17.3 Å². The van der Waals surface area contributed by atoms with Gasteiger partial charge >= 0.3 is 0 Å². The molecule has 1 aliphatic rings. The number of nitrogens with zero attached hydrogens (tertiary/aromatic N) is 1. The molecule has 2 unspecified atom stereocenters. The molecule has 1 N–H and O–H groups in total. The number of rotatable bonds is 1. The molecule has 3 rings (SSSR count). The van der Waals surface area contributed by atoms with Gasteiger partial charge < -0.3 is 9.88 Å². The molecule has 0 spiro atoms. The zero-order chi connectivity index (χ0) is 11.0. The monoisotopic (exact) mass is 214 g/mol. The van der Waals surface area contributed by atoms with Crippen molar-refractivity contribution in [3.8, 4) is 0 Å². The first-order valence-electron chi connectivity index (χ1n) is 6.12. The fraction of sp³-hybridized carbons (Fsp3) is 0.429. The Morgan fingerprint density at radius 3 is 3.00 bits per heavy atom. The molecule has 1 aromatic heterocycles. The maximum absolute atomic E-state index is 3.46. The topological polar surface area (TPSA) is 17.0 Å². The number of benzene rings is 1. The van der Waals surface area contributed by atoms with E-state index in [0.717, 1.165) is 13.1 Å². The summed E-state index contributed by atoms with van der Waals surface area (Å²) in [6.45, 7) is 4.62. The molecule has 0 aliphatic carbocycles. The standard InChI is InChI=1S/C14H18N2/c1-11-10-15-8-6-13(11)16-9-7-12-4-2-3-5-14(12)16/h2-5,7,9,11,13,15H,6,8,10H2,1H3. The van der Waals surface area contributed by atoms with Gasteiger partial charge in [-0.1, -0.05) is 25.1 Å². The third-order valence-corrected chi connectivity index (χ3v) is 3.73. The lowest BCUT2D eigenvalue weighted by Gasteiger charge is -2.31. The van der Waals surface area contributed by atoms with Gasteiger partial charge in [-0.3, -0.25) is 0 Å². The first-order chi connectivity index (χ1) is 7.86. The van der Waals surface area contributed by atoms with Crippen molar-refractivity contribution in [3.63, 3.8) is 0 Å². The number of nitrogens with one attached hydrogen (secondary N) is 1. The van der Waals surface area contributed by atoms with Crippen molar-refractivity contribution in [1.82, 2.24) is 9.88 Å². The van der Waals surface area contributed by atoms with E-state index >= 15 is 0 Å². The molecule has 1 aromatic carbocycles. The van der Waals surface area contributed by atoms with Crippen LogP contribution in [0.1, 0.15) is 19.4 Å². The fourth-order valence-corrected chi connectivity index (χ4v) is 2.81. The number of fused-ring (bicyclic) bond motifs is 1. The van der Waals surface area contributed by atoms with Gasteiger partial charge in [0.1, 0.15) is 0 Å². The SMILES string of the molecule is CC1CNCCC1n1ccc2ccccc21. The quantitative estimate of drug-likeness (QED) is 0.772. The van der Waals surface area contributed by atoms with Crippen LogP contribution in [0.2, 0.25) is 0 Å². The number of hydrogen-bond donors (Lipinski definition) is 1. The van der Waals surface area contributed by atoms with E-state index in [0.29, 0.717) is 12.0 Å². The van der Waals surface area contributed by atoms with Gasteiger partial charge in [-0.25, -0.2) is 0 Å². The van der Waals surface area contributed by atoms with Crippen molar-refractivity contribution in [2.75, 3.05) is 13.1 Å². The third-order valence-electron chi connectivity index (χ3n) is 3.73. The summed E-state index contributed by atoms with van der Waals surface area (Å²) in [5.41, 5.74) is 1.38. The van der Waals surface area contributed by atoms with Crippen LogP contribution in [0.5, 0.6) is 0 Å². The average molecular weight is 214 g/mol. The molecule has 2 nitrogen and oxygen atoms in total. The molecule has 0 radical (unpaired) electrons. The summed E-state index contributed by atoms with van der Waals surface area (Å²) >= 11 is 0. The van der Waals surface area contributed by atoms with Gasteiger partial charge in [0.2, 0.25) is 0 Å². The van der Waals surface area contributed by atoms with Crippen molar-refractivity contribution in [1.29, 1.82) is 0 Å². The van der Waals surface area contributed by atoms with Crippen molar-refractivity contribution < 1.29 is 0 Å². The van der Waals surface area contributed by atoms with Gasteiger partial charge in [0.15, 0.2) is 0 Å². The Morgan fingerprint density at radius 2 is 2.12 bits per heavy atom. The first-order valence-corrected chi connectivity index (χ1v) is 6.12. The lowest BCUT2D eigenvalue weighted by atomic mass is 9.95. The van der Waals surface area contributed by atoms with Crippen LogP contribution in [-0.4, -0.2) is 17.7 Å². The predicted molar refractivity (Wildman–Crippen MR) is 67.6 cm³/mol. The molecule has 0 amide bonds. The normalized spacial score (nSPS) is 26.1. The minimum atomic E-state index is 0.654. The second-order valence-corrected chi connectivity index (χ2v) is 4.82. The number of aromatic nitrogens is 1. The first kappa shape index (κ1) is 9.91. The largest absolute Gasteiger partial charge is 0.344 e. The van der Waals surface area contributed by atoms with Crippen molar-refractivity contribution in [2.24, 2.45) is 5.92 Å². The van der Waals surface area contributed by atoms with Crippen LogP contribution in [0, 0.1) is 5.92 Å². The Kier molecular flexibility index (Phi) is 2.44. The highest BCUT2D eigenvalue weighted by atomic mass is 15.0. The van der Waals surface area contributed by atoms with E-state index in [4.69, 9.17) is 0 Å². The number of hydrogen-bond acceptors (Lipinski definition) is 1. The zero-order valence-corrected chi connectivity index (χ0v) is 9.69. The number of para-hydroxylation sites is 1. The minimum absolute atomic E-state index is 0.654. The summed E-state index contributed by atoms with van der Waals surface area (Å²) in [5.74, 6) is 0.713. The molecule has 2 heteroatoms. The smallest absolute Gasteiger partial charge is 0.0482 e. The van der Waals surface area contributed by atoms with Gasteiger partial charge in [-0.15, -0.1) is 0 Å². The summed E-state index contributed by atoms with van der Waals surface area (Å²) in [6, 6.07) is 11.5. The lowest BCUT2D eigenvalue weighted by molar-refractivity contribution is 0.279. The van der Waals surface area contributed by atoms with Crippen LogP contribution in [0.15, 0.2) is 36.5 Å². The van der Waals surface area contributed by atoms with Crippen molar-refractivity contribution in [3.05, 3.63) is 36.5 Å². The fourth-order valence-electron chi connectivity index (χ4n) is 2.81. The minimum Gasteiger partial charge on any atom is -0.344 e. The highest BCUT2D eigenvalue weighted by Gasteiger charge is 2.22. The van der Waals surface area contributed by atoms with Crippen LogP contribution in [0.4, 0.5) is 0 Å². The van der Waals surface area contributed by atoms with E-state index in [1.54, 1.807) is 0 Å². The second kappa shape index (κ2) is 3.95. The Labute approximate surface area is 96.3 Å². The molecule has 2 heterocycles. The van der Waals surface area contributed by atoms with E-state index in [9.17, 15) is 0 Å². The highest BCUT2D eigenvalue weighted by molar-refractivity contribution is 5.80. The van der Waals surface area contributed by atoms with Gasteiger partial charge in [0.05, 0.1) is 0 Å². The van der Waals surface area contributed by atoms with E-state index in [-0.39, 0.29) is 0 Å². The Balaban J connectivity index is 2.04. The average Bonchev–Trinajstić information content (AvgIpc) is 2.74. The Hall–Kier alpha value is -1.28. The van der Waals surface area contributed by atoms with E-state index < -0.39 is 0 Å². The molecule has 0 saturated carbocycles. The van der Waals surface area contributed by atoms with Crippen LogP contribution >= 0.6 is 0 Å². The Morgan fingerprint density at radius 1 is 1.25 bits per heavy atom.